The Morgan fingerprint density at radius 2 is 1.61 bits per heavy atom. The first-order chi connectivity index (χ1) is 18.3. The molecule has 202 valence electrons. The predicted molar refractivity (Wildman–Crippen MR) is 148 cm³/mol. The number of nitro groups is 1. The van der Waals surface area contributed by atoms with Crippen molar-refractivity contribution in [1.82, 2.24) is 9.21 Å². The molecule has 4 rings (SSSR count). The first-order valence-electron chi connectivity index (χ1n) is 12.7. The minimum Gasteiger partial charge on any atom is -0.493 e. The molecule has 3 aromatic rings. The van der Waals surface area contributed by atoms with E-state index in [1.54, 1.807) is 12.1 Å². The average Bonchev–Trinajstić information content (AvgIpc) is 2.92. The van der Waals surface area contributed by atoms with Gasteiger partial charge in [0.1, 0.15) is 5.75 Å². The molecule has 0 bridgehead atoms. The van der Waals surface area contributed by atoms with Gasteiger partial charge in [0.2, 0.25) is 10.0 Å². The molecule has 0 unspecified atom stereocenters. The second-order valence-electron chi connectivity index (χ2n) is 9.36. The quantitative estimate of drug-likeness (QED) is 0.156. The molecule has 0 aromatic heterocycles. The molecule has 1 aliphatic rings. The highest BCUT2D eigenvalue weighted by atomic mass is 35.5. The van der Waals surface area contributed by atoms with Gasteiger partial charge >= 0.3 is 0 Å². The van der Waals surface area contributed by atoms with E-state index in [-0.39, 0.29) is 23.7 Å². The van der Waals surface area contributed by atoms with Crippen molar-refractivity contribution in [2.24, 2.45) is 0 Å². The number of non-ortho nitro benzene ring substituents is 1. The zero-order valence-corrected chi connectivity index (χ0v) is 22.7. The maximum atomic E-state index is 13.7. The Labute approximate surface area is 229 Å². The van der Waals surface area contributed by atoms with Crippen LogP contribution in [0.4, 0.5) is 5.69 Å². The van der Waals surface area contributed by atoms with Gasteiger partial charge in [-0.1, -0.05) is 48.4 Å². The fourth-order valence-electron chi connectivity index (χ4n) is 4.53. The van der Waals surface area contributed by atoms with Gasteiger partial charge in [-0.15, -0.1) is 0 Å². The number of likely N-dealkylation sites (tertiary alicyclic amines) is 1. The third-order valence-electron chi connectivity index (χ3n) is 6.60. The van der Waals surface area contributed by atoms with Gasteiger partial charge in [-0.25, -0.2) is 8.42 Å². The van der Waals surface area contributed by atoms with Crippen molar-refractivity contribution in [3.05, 3.63) is 99.1 Å². The van der Waals surface area contributed by atoms with E-state index < -0.39 is 14.9 Å². The summed E-state index contributed by atoms with van der Waals surface area (Å²) in [6.45, 7) is 3.91. The summed E-state index contributed by atoms with van der Waals surface area (Å²) in [5.74, 6) is 0.645. The maximum Gasteiger partial charge on any atom is 0.269 e. The van der Waals surface area contributed by atoms with Gasteiger partial charge in [-0.3, -0.25) is 10.1 Å². The highest BCUT2D eigenvalue weighted by Crippen LogP contribution is 2.27. The second kappa shape index (κ2) is 13.2. The first kappa shape index (κ1) is 28.0. The molecule has 1 saturated heterocycles. The average molecular weight is 558 g/mol. The molecule has 38 heavy (non-hydrogen) atoms. The Kier molecular flexibility index (Phi) is 9.74. The van der Waals surface area contributed by atoms with Crippen LogP contribution in [0.5, 0.6) is 5.75 Å². The van der Waals surface area contributed by atoms with Crippen molar-refractivity contribution in [1.29, 1.82) is 0 Å². The number of benzene rings is 3. The monoisotopic (exact) mass is 557 g/mol. The minimum atomic E-state index is -3.92. The molecule has 0 radical (unpaired) electrons. The van der Waals surface area contributed by atoms with E-state index >= 15 is 0 Å². The Bertz CT molecular complexity index is 1310. The number of piperidine rings is 1. The SMILES string of the molecule is O=[N+]([O-])c1ccc(CN(Cc2ccccc2OCCCN2CCCCC2)S(=O)(=O)c2ccc(Cl)cc2)cc1. The third-order valence-corrected chi connectivity index (χ3v) is 8.66. The third kappa shape index (κ3) is 7.54. The Hall–Kier alpha value is -2.98. The molecule has 0 saturated carbocycles. The molecule has 0 spiro atoms. The minimum absolute atomic E-state index is 0.0340. The van der Waals surface area contributed by atoms with Gasteiger partial charge in [0.15, 0.2) is 0 Å². The molecule has 1 fully saturated rings. The fraction of sp³-hybridized carbons (Fsp3) is 0.357. The lowest BCUT2D eigenvalue weighted by molar-refractivity contribution is -0.384. The number of hydrogen-bond donors (Lipinski definition) is 0. The van der Waals surface area contributed by atoms with Gasteiger partial charge in [0, 0.05) is 42.4 Å². The molecule has 0 amide bonds. The Morgan fingerprint density at radius 1 is 0.921 bits per heavy atom. The molecule has 1 heterocycles. The number of ether oxygens (including phenoxy) is 1. The van der Waals surface area contributed by atoms with Crippen molar-refractivity contribution in [3.63, 3.8) is 0 Å². The van der Waals surface area contributed by atoms with Crippen LogP contribution in [0.2, 0.25) is 5.02 Å². The van der Waals surface area contributed by atoms with Gasteiger partial charge in [0.05, 0.1) is 16.4 Å². The number of halogens is 1. The molecule has 3 aromatic carbocycles. The summed E-state index contributed by atoms with van der Waals surface area (Å²) in [6.07, 6.45) is 4.69. The highest BCUT2D eigenvalue weighted by Gasteiger charge is 2.26. The summed E-state index contributed by atoms with van der Waals surface area (Å²) in [6, 6.07) is 19.4. The summed E-state index contributed by atoms with van der Waals surface area (Å²) < 4.78 is 34.9. The summed E-state index contributed by atoms with van der Waals surface area (Å²) in [4.78, 5) is 13.1. The first-order valence-corrected chi connectivity index (χ1v) is 14.6. The Balaban J connectivity index is 1.53. The van der Waals surface area contributed by atoms with Gasteiger partial charge in [-0.2, -0.15) is 4.31 Å². The van der Waals surface area contributed by atoms with Crippen molar-refractivity contribution in [3.8, 4) is 5.75 Å². The van der Waals surface area contributed by atoms with Crippen LogP contribution in [-0.4, -0.2) is 48.8 Å². The van der Waals surface area contributed by atoms with E-state index in [9.17, 15) is 18.5 Å². The normalized spacial score (nSPS) is 14.5. The van der Waals surface area contributed by atoms with E-state index in [0.29, 0.717) is 22.9 Å². The molecular weight excluding hydrogens is 526 g/mol. The van der Waals surface area contributed by atoms with Crippen molar-refractivity contribution in [2.75, 3.05) is 26.2 Å². The number of hydrogen-bond acceptors (Lipinski definition) is 6. The van der Waals surface area contributed by atoms with E-state index in [1.165, 1.54) is 60.0 Å². The molecule has 0 atom stereocenters. The number of nitro benzene ring substituents is 1. The predicted octanol–water partition coefficient (Wildman–Crippen LogP) is 5.89. The molecule has 8 nitrogen and oxygen atoms in total. The smallest absolute Gasteiger partial charge is 0.269 e. The van der Waals surface area contributed by atoms with E-state index in [4.69, 9.17) is 16.3 Å². The zero-order chi connectivity index (χ0) is 27.0. The van der Waals surface area contributed by atoms with Crippen molar-refractivity contribution >= 4 is 27.3 Å². The molecule has 0 N–H and O–H groups in total. The van der Waals surface area contributed by atoms with Gasteiger partial charge in [0.25, 0.3) is 5.69 Å². The van der Waals surface area contributed by atoms with Crippen LogP contribution in [0.15, 0.2) is 77.7 Å². The second-order valence-corrected chi connectivity index (χ2v) is 11.7. The molecule has 1 aliphatic heterocycles. The van der Waals surface area contributed by atoms with Crippen LogP contribution < -0.4 is 4.74 Å². The lowest BCUT2D eigenvalue weighted by Gasteiger charge is -2.26. The summed E-state index contributed by atoms with van der Waals surface area (Å²) in [7, 11) is -3.92. The molecule has 10 heteroatoms. The summed E-state index contributed by atoms with van der Waals surface area (Å²) in [5.41, 5.74) is 1.32. The standard InChI is InChI=1S/C28H32ClN3O5S/c29-25-11-15-27(16-12-25)38(35,36)31(21-23-9-13-26(14-10-23)32(33)34)22-24-7-2-3-8-28(24)37-20-6-19-30-17-4-1-5-18-30/h2-3,7-16H,1,4-6,17-22H2. The van der Waals surface area contributed by atoms with Gasteiger partial charge in [-0.05, 0) is 68.2 Å². The van der Waals surface area contributed by atoms with Crippen LogP contribution in [0.25, 0.3) is 0 Å². The number of rotatable bonds is 12. The lowest BCUT2D eigenvalue weighted by Crippen LogP contribution is -2.31. The topological polar surface area (TPSA) is 93.0 Å². The van der Waals surface area contributed by atoms with E-state index in [2.05, 4.69) is 4.90 Å². The van der Waals surface area contributed by atoms with E-state index in [0.717, 1.165) is 31.6 Å². The Morgan fingerprint density at radius 3 is 2.29 bits per heavy atom. The molecule has 0 aliphatic carbocycles. The van der Waals surface area contributed by atoms with Crippen LogP contribution in [0.3, 0.4) is 0 Å². The maximum absolute atomic E-state index is 13.7. The largest absolute Gasteiger partial charge is 0.493 e. The van der Waals surface area contributed by atoms with Crippen LogP contribution >= 0.6 is 11.6 Å². The lowest BCUT2D eigenvalue weighted by atomic mass is 10.1. The van der Waals surface area contributed by atoms with Gasteiger partial charge < -0.3 is 9.64 Å². The number of para-hydroxylation sites is 1. The fourth-order valence-corrected chi connectivity index (χ4v) is 6.06. The van der Waals surface area contributed by atoms with Crippen LogP contribution in [0.1, 0.15) is 36.8 Å². The number of sulfonamides is 1. The molecular formula is C28H32ClN3O5S. The summed E-state index contributed by atoms with van der Waals surface area (Å²) >= 11 is 5.99. The van der Waals surface area contributed by atoms with Crippen molar-refractivity contribution in [2.45, 2.75) is 43.7 Å². The van der Waals surface area contributed by atoms with Crippen molar-refractivity contribution < 1.29 is 18.1 Å². The van der Waals surface area contributed by atoms with Crippen LogP contribution in [-0.2, 0) is 23.1 Å². The number of nitrogens with zero attached hydrogens (tertiary/aromatic N) is 3. The highest BCUT2D eigenvalue weighted by molar-refractivity contribution is 7.89. The van der Waals surface area contributed by atoms with E-state index in [1.807, 2.05) is 24.3 Å². The summed E-state index contributed by atoms with van der Waals surface area (Å²) in [5, 5.41) is 11.5. The van der Waals surface area contributed by atoms with Crippen LogP contribution in [0, 0.1) is 10.1 Å². The zero-order valence-electron chi connectivity index (χ0n) is 21.2.